The summed E-state index contributed by atoms with van der Waals surface area (Å²) in [5.74, 6) is 0.0289. The lowest BCUT2D eigenvalue weighted by Crippen LogP contribution is -2.27. The molecular formula is C12H16N2O. The molecule has 1 aliphatic rings. The first-order chi connectivity index (χ1) is 7.29. The smallest absolute Gasteiger partial charge is 0.248 e. The first kappa shape index (κ1) is 11.4. The van der Waals surface area contributed by atoms with Crippen LogP contribution in [0.2, 0.25) is 0 Å². The molecule has 80 valence electrons. The van der Waals surface area contributed by atoms with Crippen LogP contribution in [0, 0.1) is 0 Å². The maximum absolute atomic E-state index is 11.4. The molecule has 3 heteroatoms. The number of fused-ring (bicyclic) bond motifs is 1. The Morgan fingerprint density at radius 2 is 1.93 bits per heavy atom. The van der Waals surface area contributed by atoms with Gasteiger partial charge in [0, 0.05) is 18.8 Å². The Morgan fingerprint density at radius 3 is 2.67 bits per heavy atom. The molecule has 0 saturated heterocycles. The number of benzodiazepines with no additional fused rings is 1. The minimum Gasteiger partial charge on any atom is -0.313 e. The molecule has 1 aliphatic heterocycles. The molecule has 0 aliphatic carbocycles. The van der Waals surface area contributed by atoms with Gasteiger partial charge in [-0.1, -0.05) is 32.0 Å². The second kappa shape index (κ2) is 5.29. The van der Waals surface area contributed by atoms with Gasteiger partial charge in [0.1, 0.15) is 6.54 Å². The Bertz CT molecular complexity index is 372. The fraction of sp³-hybridized carbons (Fsp3) is 0.333. The standard InChI is InChI=1S/C10H10N2O.C2H6/c1-12-9-5-3-2-4-8(9)6-11-7-10(12)13;1-2/h2-6H,7H2,1H3;1-2H3. The van der Waals surface area contributed by atoms with Crippen molar-refractivity contribution in [3.8, 4) is 0 Å². The van der Waals surface area contributed by atoms with Gasteiger partial charge in [0.15, 0.2) is 0 Å². The van der Waals surface area contributed by atoms with E-state index in [1.165, 1.54) is 0 Å². The van der Waals surface area contributed by atoms with Crippen LogP contribution in [0.25, 0.3) is 0 Å². The van der Waals surface area contributed by atoms with Crippen LogP contribution in [-0.2, 0) is 4.79 Å². The molecule has 0 bridgehead atoms. The molecule has 0 saturated carbocycles. The number of aliphatic imine (C=N–C) groups is 1. The Hall–Kier alpha value is -1.64. The van der Waals surface area contributed by atoms with Crippen molar-refractivity contribution in [1.29, 1.82) is 0 Å². The molecule has 15 heavy (non-hydrogen) atoms. The quantitative estimate of drug-likeness (QED) is 0.637. The van der Waals surface area contributed by atoms with Crippen LogP contribution in [0.1, 0.15) is 19.4 Å². The third-order valence-electron chi connectivity index (χ3n) is 2.13. The van der Waals surface area contributed by atoms with Gasteiger partial charge >= 0.3 is 0 Å². The number of hydrogen-bond donors (Lipinski definition) is 0. The first-order valence-electron chi connectivity index (χ1n) is 5.14. The van der Waals surface area contributed by atoms with Crippen molar-refractivity contribution in [3.05, 3.63) is 29.8 Å². The number of amides is 1. The zero-order valence-electron chi connectivity index (χ0n) is 9.40. The normalized spacial score (nSPS) is 13.8. The molecular weight excluding hydrogens is 188 g/mol. The molecule has 2 rings (SSSR count). The van der Waals surface area contributed by atoms with E-state index in [9.17, 15) is 4.79 Å². The molecule has 3 nitrogen and oxygen atoms in total. The largest absolute Gasteiger partial charge is 0.313 e. The molecule has 0 N–H and O–H groups in total. The summed E-state index contributed by atoms with van der Waals surface area (Å²) >= 11 is 0. The van der Waals surface area contributed by atoms with Gasteiger partial charge in [-0.3, -0.25) is 9.79 Å². The number of para-hydroxylation sites is 1. The van der Waals surface area contributed by atoms with Gasteiger partial charge in [-0.2, -0.15) is 0 Å². The van der Waals surface area contributed by atoms with Crippen LogP contribution in [-0.4, -0.2) is 25.7 Å². The number of anilines is 1. The van der Waals surface area contributed by atoms with E-state index in [0.717, 1.165) is 11.3 Å². The number of nitrogens with zero attached hydrogens (tertiary/aromatic N) is 2. The van der Waals surface area contributed by atoms with Gasteiger partial charge in [0.2, 0.25) is 5.91 Å². The van der Waals surface area contributed by atoms with E-state index in [1.54, 1.807) is 18.2 Å². The van der Waals surface area contributed by atoms with E-state index in [2.05, 4.69) is 4.99 Å². The van der Waals surface area contributed by atoms with E-state index in [-0.39, 0.29) is 12.5 Å². The van der Waals surface area contributed by atoms with Gasteiger partial charge in [-0.25, -0.2) is 0 Å². The topological polar surface area (TPSA) is 32.7 Å². The lowest BCUT2D eigenvalue weighted by molar-refractivity contribution is -0.116. The second-order valence-electron chi connectivity index (χ2n) is 2.98. The summed E-state index contributed by atoms with van der Waals surface area (Å²) in [6.07, 6.45) is 1.75. The van der Waals surface area contributed by atoms with Crippen LogP contribution in [0.5, 0.6) is 0 Å². The number of likely N-dealkylation sites (N-methyl/N-ethyl adjacent to an activating group) is 1. The average Bonchev–Trinajstić information content (AvgIpc) is 2.44. The van der Waals surface area contributed by atoms with E-state index in [4.69, 9.17) is 0 Å². The van der Waals surface area contributed by atoms with E-state index >= 15 is 0 Å². The molecule has 1 heterocycles. The second-order valence-corrected chi connectivity index (χ2v) is 2.98. The fourth-order valence-electron chi connectivity index (χ4n) is 1.36. The number of carbonyl (C=O) groups excluding carboxylic acids is 1. The molecule has 1 aromatic rings. The zero-order valence-corrected chi connectivity index (χ0v) is 9.40. The molecule has 0 spiro atoms. The van der Waals surface area contributed by atoms with Crippen molar-refractivity contribution in [2.45, 2.75) is 13.8 Å². The summed E-state index contributed by atoms with van der Waals surface area (Å²) in [6.45, 7) is 4.24. The summed E-state index contributed by atoms with van der Waals surface area (Å²) in [4.78, 5) is 17.1. The SMILES string of the molecule is CC.CN1C(=O)CN=Cc2ccccc21. The third kappa shape index (κ3) is 2.43. The number of benzene rings is 1. The van der Waals surface area contributed by atoms with Gasteiger partial charge in [-0.05, 0) is 6.07 Å². The zero-order chi connectivity index (χ0) is 11.3. The molecule has 0 fully saturated rings. The maximum atomic E-state index is 11.4. The third-order valence-corrected chi connectivity index (χ3v) is 2.13. The summed E-state index contributed by atoms with van der Waals surface area (Å²) in [5, 5.41) is 0. The molecule has 1 aromatic carbocycles. The summed E-state index contributed by atoms with van der Waals surface area (Å²) in [7, 11) is 1.77. The number of carbonyl (C=O) groups is 1. The van der Waals surface area contributed by atoms with E-state index in [0.29, 0.717) is 0 Å². The Morgan fingerprint density at radius 1 is 1.27 bits per heavy atom. The Kier molecular flexibility index (Phi) is 4.03. The maximum Gasteiger partial charge on any atom is 0.248 e. The van der Waals surface area contributed by atoms with E-state index in [1.807, 2.05) is 38.1 Å². The highest BCUT2D eigenvalue weighted by molar-refractivity contribution is 6.02. The highest BCUT2D eigenvalue weighted by atomic mass is 16.2. The number of hydrogen-bond acceptors (Lipinski definition) is 2. The average molecular weight is 204 g/mol. The van der Waals surface area contributed by atoms with Crippen LogP contribution in [0.4, 0.5) is 5.69 Å². The van der Waals surface area contributed by atoms with E-state index < -0.39 is 0 Å². The molecule has 0 radical (unpaired) electrons. The van der Waals surface area contributed by atoms with Gasteiger partial charge in [-0.15, -0.1) is 0 Å². The lowest BCUT2D eigenvalue weighted by Gasteiger charge is -2.15. The van der Waals surface area contributed by atoms with Crippen molar-refractivity contribution in [1.82, 2.24) is 0 Å². The monoisotopic (exact) mass is 204 g/mol. The molecule has 1 amide bonds. The molecule has 0 aromatic heterocycles. The summed E-state index contributed by atoms with van der Waals surface area (Å²) in [6, 6.07) is 7.73. The molecule has 0 atom stereocenters. The minimum atomic E-state index is 0.0289. The minimum absolute atomic E-state index is 0.0289. The Balaban J connectivity index is 0.000000531. The summed E-state index contributed by atoms with van der Waals surface area (Å²) in [5.41, 5.74) is 1.92. The Labute approximate surface area is 90.4 Å². The van der Waals surface area contributed by atoms with Crippen molar-refractivity contribution in [2.75, 3.05) is 18.5 Å². The van der Waals surface area contributed by atoms with Gasteiger partial charge < -0.3 is 4.90 Å². The molecule has 0 unspecified atom stereocenters. The van der Waals surface area contributed by atoms with Crippen LogP contribution >= 0.6 is 0 Å². The number of rotatable bonds is 0. The van der Waals surface area contributed by atoms with Crippen molar-refractivity contribution < 1.29 is 4.79 Å². The van der Waals surface area contributed by atoms with Crippen LogP contribution in [0.15, 0.2) is 29.3 Å². The highest BCUT2D eigenvalue weighted by Crippen LogP contribution is 2.19. The highest BCUT2D eigenvalue weighted by Gasteiger charge is 2.14. The van der Waals surface area contributed by atoms with Crippen LogP contribution in [0.3, 0.4) is 0 Å². The van der Waals surface area contributed by atoms with Crippen LogP contribution < -0.4 is 4.90 Å². The predicted molar refractivity (Wildman–Crippen MR) is 63.7 cm³/mol. The first-order valence-corrected chi connectivity index (χ1v) is 5.14. The van der Waals surface area contributed by atoms with Gasteiger partial charge in [0.25, 0.3) is 0 Å². The lowest BCUT2D eigenvalue weighted by atomic mass is 10.2. The summed E-state index contributed by atoms with van der Waals surface area (Å²) < 4.78 is 0. The van der Waals surface area contributed by atoms with Crippen molar-refractivity contribution in [3.63, 3.8) is 0 Å². The van der Waals surface area contributed by atoms with Crippen molar-refractivity contribution >= 4 is 17.8 Å². The van der Waals surface area contributed by atoms with Gasteiger partial charge in [0.05, 0.1) is 5.69 Å². The predicted octanol–water partition coefficient (Wildman–Crippen LogP) is 2.11. The fourth-order valence-corrected chi connectivity index (χ4v) is 1.36. The van der Waals surface area contributed by atoms with Crippen molar-refractivity contribution in [2.24, 2.45) is 4.99 Å².